The topological polar surface area (TPSA) is 154 Å². The van der Waals surface area contributed by atoms with E-state index in [0.29, 0.717) is 43.2 Å². The smallest absolute Gasteiger partial charge is 0.268 e. The lowest BCUT2D eigenvalue weighted by Gasteiger charge is -2.29. The van der Waals surface area contributed by atoms with Gasteiger partial charge in [-0.3, -0.25) is 20.0 Å². The molecule has 1 aromatic heterocycles. The second-order valence-electron chi connectivity index (χ2n) is 7.48. The number of aromatic nitrogens is 1. The number of nitrogens with zero attached hydrogens (tertiary/aromatic N) is 2. The summed E-state index contributed by atoms with van der Waals surface area (Å²) in [5.74, 6) is -0.640. The monoisotopic (exact) mass is 460 g/mol. The Hall–Kier alpha value is -3.08. The van der Waals surface area contributed by atoms with Gasteiger partial charge in [0.15, 0.2) is 5.96 Å². The molecule has 2 heterocycles. The third-order valence-corrected chi connectivity index (χ3v) is 5.29. The van der Waals surface area contributed by atoms with E-state index in [0.717, 1.165) is 24.3 Å². The molecule has 1 atom stereocenters. The number of aliphatic imine (C=N–C) groups is 1. The van der Waals surface area contributed by atoms with Crippen LogP contribution in [-0.4, -0.2) is 66.5 Å². The normalized spacial score (nSPS) is 15.0. The Kier molecular flexibility index (Phi) is 8.48. The summed E-state index contributed by atoms with van der Waals surface area (Å²) >= 11 is 5.94. The summed E-state index contributed by atoms with van der Waals surface area (Å²) in [7, 11) is 0. The first-order valence-corrected chi connectivity index (χ1v) is 10.9. The first-order chi connectivity index (χ1) is 15.4. The number of hydrogen-bond acceptors (Lipinski definition) is 5. The molecule has 2 amide bonds. The number of H-pyrrole nitrogens is 1. The molecule has 1 fully saturated rings. The van der Waals surface area contributed by atoms with Gasteiger partial charge in [-0.05, 0) is 42.7 Å². The van der Waals surface area contributed by atoms with Gasteiger partial charge >= 0.3 is 0 Å². The molecule has 1 aliphatic heterocycles. The molecule has 3 rings (SSSR count). The van der Waals surface area contributed by atoms with Crippen molar-refractivity contribution in [2.45, 2.75) is 18.9 Å². The fraction of sp³-hybridized carbons (Fsp3) is 0.381. The maximum atomic E-state index is 12.9. The van der Waals surface area contributed by atoms with Crippen molar-refractivity contribution in [3.8, 4) is 11.3 Å². The zero-order valence-corrected chi connectivity index (χ0v) is 18.5. The van der Waals surface area contributed by atoms with E-state index < -0.39 is 6.04 Å². The van der Waals surface area contributed by atoms with Crippen molar-refractivity contribution in [1.82, 2.24) is 26.1 Å². The zero-order chi connectivity index (χ0) is 22.9. The summed E-state index contributed by atoms with van der Waals surface area (Å²) < 4.78 is 0. The average Bonchev–Trinajstić information content (AvgIpc) is 3.27. The lowest BCUT2D eigenvalue weighted by atomic mass is 10.1. The highest BCUT2D eigenvalue weighted by Gasteiger charge is 2.24. The second-order valence-corrected chi connectivity index (χ2v) is 7.92. The molecule has 172 valence electrons. The van der Waals surface area contributed by atoms with Gasteiger partial charge in [-0.1, -0.05) is 23.7 Å². The summed E-state index contributed by atoms with van der Waals surface area (Å²) in [5.41, 5.74) is 15.7. The summed E-state index contributed by atoms with van der Waals surface area (Å²) in [6.07, 6.45) is 0.934. The van der Waals surface area contributed by atoms with Gasteiger partial charge in [-0.15, -0.1) is 0 Å². The number of carbonyl (C=O) groups excluding carboxylic acids is 2. The van der Waals surface area contributed by atoms with Crippen LogP contribution in [0.5, 0.6) is 0 Å². The third kappa shape index (κ3) is 6.98. The molecular formula is C21H29ClN8O2. The van der Waals surface area contributed by atoms with E-state index >= 15 is 0 Å². The number of nitrogens with one attached hydrogen (secondary N) is 4. The van der Waals surface area contributed by atoms with Crippen molar-refractivity contribution in [2.75, 3.05) is 32.7 Å². The molecule has 0 spiro atoms. The molecule has 8 N–H and O–H groups in total. The van der Waals surface area contributed by atoms with Crippen molar-refractivity contribution < 1.29 is 9.59 Å². The van der Waals surface area contributed by atoms with Gasteiger partial charge in [0.25, 0.3) is 11.8 Å². The number of rotatable bonds is 9. The summed E-state index contributed by atoms with van der Waals surface area (Å²) in [6.45, 7) is 3.34. The molecule has 10 nitrogen and oxygen atoms in total. The highest BCUT2D eigenvalue weighted by Crippen LogP contribution is 2.21. The molecule has 0 saturated carbocycles. The maximum absolute atomic E-state index is 12.9. The number of guanidine groups is 1. The van der Waals surface area contributed by atoms with Crippen LogP contribution in [0.3, 0.4) is 0 Å². The lowest BCUT2D eigenvalue weighted by molar-refractivity contribution is -0.128. The standard InChI is InChI=1S/C21H29ClN8O2/c22-15-5-3-14(4-6-15)16-7-8-18(27-16)19(31)28-17(2-1-9-26-21(23)24)20(32)29-30-12-10-25-11-13-30/h3-8,17,25,27H,1-2,9-13H2,(H,28,31)(H,29,32)(H4,23,24,26). The molecule has 2 aromatic rings. The number of halogens is 1. The SMILES string of the molecule is NC(N)=NCCCC(NC(=O)c1ccc(-c2ccc(Cl)cc2)[nH]1)C(=O)NN1CCNCC1. The van der Waals surface area contributed by atoms with Crippen molar-refractivity contribution in [2.24, 2.45) is 16.5 Å². The Morgan fingerprint density at radius 2 is 1.84 bits per heavy atom. The highest BCUT2D eigenvalue weighted by atomic mass is 35.5. The molecular weight excluding hydrogens is 432 g/mol. The predicted molar refractivity (Wildman–Crippen MR) is 125 cm³/mol. The number of carbonyl (C=O) groups is 2. The second kappa shape index (κ2) is 11.5. The van der Waals surface area contributed by atoms with Crippen LogP contribution in [0.15, 0.2) is 41.4 Å². The summed E-state index contributed by atoms with van der Waals surface area (Å²) in [6, 6.07) is 10.1. The Morgan fingerprint density at radius 1 is 1.12 bits per heavy atom. The van der Waals surface area contributed by atoms with Crippen LogP contribution in [-0.2, 0) is 4.79 Å². The number of hydrogen-bond donors (Lipinski definition) is 6. The first-order valence-electron chi connectivity index (χ1n) is 10.5. The fourth-order valence-corrected chi connectivity index (χ4v) is 3.47. The summed E-state index contributed by atoms with van der Waals surface area (Å²) in [5, 5.41) is 8.54. The number of amides is 2. The molecule has 11 heteroatoms. The minimum atomic E-state index is -0.728. The van der Waals surface area contributed by atoms with Crippen molar-refractivity contribution in [3.05, 3.63) is 47.1 Å². The van der Waals surface area contributed by atoms with Gasteiger partial charge in [-0.25, -0.2) is 5.01 Å². The molecule has 1 saturated heterocycles. The van der Waals surface area contributed by atoms with Crippen LogP contribution in [0, 0.1) is 0 Å². The number of benzene rings is 1. The molecule has 0 aliphatic carbocycles. The number of aromatic amines is 1. The predicted octanol–water partition coefficient (Wildman–Crippen LogP) is 0.424. The van der Waals surface area contributed by atoms with Crippen LogP contribution in [0.1, 0.15) is 23.3 Å². The molecule has 1 unspecified atom stereocenters. The molecule has 0 bridgehead atoms. The van der Waals surface area contributed by atoms with Crippen LogP contribution < -0.4 is 27.5 Å². The fourth-order valence-electron chi connectivity index (χ4n) is 3.34. The van der Waals surface area contributed by atoms with Gasteiger partial charge in [0, 0.05) is 43.4 Å². The molecule has 1 aromatic carbocycles. The van der Waals surface area contributed by atoms with Gasteiger partial charge in [0.2, 0.25) is 0 Å². The minimum absolute atomic E-state index is 0.00281. The van der Waals surface area contributed by atoms with Gasteiger partial charge in [-0.2, -0.15) is 0 Å². The van der Waals surface area contributed by atoms with E-state index in [1.165, 1.54) is 0 Å². The quantitative estimate of drug-likeness (QED) is 0.181. The Morgan fingerprint density at radius 3 is 2.53 bits per heavy atom. The van der Waals surface area contributed by atoms with E-state index in [9.17, 15) is 9.59 Å². The largest absolute Gasteiger partial charge is 0.370 e. The van der Waals surface area contributed by atoms with Gasteiger partial charge in [0.1, 0.15) is 11.7 Å². The Bertz CT molecular complexity index is 934. The number of hydrazine groups is 1. The minimum Gasteiger partial charge on any atom is -0.370 e. The van der Waals surface area contributed by atoms with Crippen molar-refractivity contribution >= 4 is 29.4 Å². The lowest BCUT2D eigenvalue weighted by Crippen LogP contribution is -2.57. The van der Waals surface area contributed by atoms with Crippen molar-refractivity contribution in [3.63, 3.8) is 0 Å². The van der Waals surface area contributed by atoms with Crippen LogP contribution in [0.4, 0.5) is 0 Å². The van der Waals surface area contributed by atoms with Gasteiger partial charge in [0.05, 0.1) is 0 Å². The van der Waals surface area contributed by atoms with Crippen LogP contribution >= 0.6 is 11.6 Å². The average molecular weight is 461 g/mol. The zero-order valence-electron chi connectivity index (χ0n) is 17.7. The summed E-state index contributed by atoms with van der Waals surface area (Å²) in [4.78, 5) is 32.8. The van der Waals surface area contributed by atoms with Crippen LogP contribution in [0.2, 0.25) is 5.02 Å². The van der Waals surface area contributed by atoms with Gasteiger partial charge < -0.3 is 27.1 Å². The molecule has 0 radical (unpaired) electrons. The number of piperazine rings is 1. The van der Waals surface area contributed by atoms with E-state index in [1.54, 1.807) is 18.2 Å². The highest BCUT2D eigenvalue weighted by molar-refractivity contribution is 6.30. The molecule has 32 heavy (non-hydrogen) atoms. The van der Waals surface area contributed by atoms with E-state index in [2.05, 4.69) is 26.0 Å². The maximum Gasteiger partial charge on any atom is 0.268 e. The van der Waals surface area contributed by atoms with E-state index in [-0.39, 0.29) is 17.8 Å². The number of nitrogens with two attached hydrogens (primary N) is 2. The Balaban J connectivity index is 1.65. The Labute approximate surface area is 191 Å². The first kappa shape index (κ1) is 23.6. The van der Waals surface area contributed by atoms with E-state index in [1.807, 2.05) is 23.2 Å². The van der Waals surface area contributed by atoms with Crippen LogP contribution in [0.25, 0.3) is 11.3 Å². The van der Waals surface area contributed by atoms with E-state index in [4.69, 9.17) is 23.1 Å². The third-order valence-electron chi connectivity index (χ3n) is 5.04. The van der Waals surface area contributed by atoms with Crippen molar-refractivity contribution in [1.29, 1.82) is 0 Å². The molecule has 1 aliphatic rings.